The van der Waals surface area contributed by atoms with Gasteiger partial charge in [-0.2, -0.15) is 5.26 Å². The van der Waals surface area contributed by atoms with E-state index in [1.165, 1.54) is 6.07 Å². The number of nitrogens with zero attached hydrogens (tertiary/aromatic N) is 1. The second-order valence-corrected chi connectivity index (χ2v) is 4.48. The summed E-state index contributed by atoms with van der Waals surface area (Å²) in [5.41, 5.74) is 2.43. The molecule has 0 saturated heterocycles. The van der Waals surface area contributed by atoms with Gasteiger partial charge < -0.3 is 9.73 Å². The van der Waals surface area contributed by atoms with Gasteiger partial charge >= 0.3 is 0 Å². The van der Waals surface area contributed by atoms with Crippen molar-refractivity contribution in [3.63, 3.8) is 0 Å². The zero-order valence-electron chi connectivity index (χ0n) is 11.0. The van der Waals surface area contributed by atoms with Crippen LogP contribution in [0, 0.1) is 11.3 Å². The molecule has 0 saturated carbocycles. The number of aromatic amines is 2. The number of aromatic nitrogens is 2. The van der Waals surface area contributed by atoms with Gasteiger partial charge in [-0.25, -0.2) is 0 Å². The molecule has 0 aliphatic rings. The average Bonchev–Trinajstić information content (AvgIpc) is 3.14. The van der Waals surface area contributed by atoms with Crippen molar-refractivity contribution in [3.8, 4) is 17.3 Å². The summed E-state index contributed by atoms with van der Waals surface area (Å²) < 4.78 is 5.28. The lowest BCUT2D eigenvalue weighted by atomic mass is 10.1. The second kappa shape index (κ2) is 5.43. The summed E-state index contributed by atoms with van der Waals surface area (Å²) in [4.78, 5) is 11.1. The molecule has 0 spiro atoms. The Morgan fingerprint density at radius 2 is 1.95 bits per heavy atom. The van der Waals surface area contributed by atoms with Crippen LogP contribution in [-0.4, -0.2) is 10.2 Å². The summed E-state index contributed by atoms with van der Waals surface area (Å²) >= 11 is 0. The molecule has 0 fully saturated rings. The molecule has 6 heteroatoms. The number of hydrogen-bond acceptors (Lipinski definition) is 4. The average molecular weight is 280 g/mol. The monoisotopic (exact) mass is 280 g/mol. The molecule has 0 aliphatic heterocycles. The van der Waals surface area contributed by atoms with E-state index < -0.39 is 0 Å². The number of H-pyrrole nitrogens is 2. The number of anilines is 1. The summed E-state index contributed by atoms with van der Waals surface area (Å²) in [6.07, 6.45) is 0. The first-order valence-electron chi connectivity index (χ1n) is 6.35. The Labute approximate surface area is 120 Å². The van der Waals surface area contributed by atoms with E-state index in [-0.39, 0.29) is 5.56 Å². The molecular weight excluding hydrogens is 268 g/mol. The minimum Gasteiger partial charge on any atom is -0.449 e. The number of nitriles is 1. The third kappa shape index (κ3) is 2.87. The van der Waals surface area contributed by atoms with E-state index in [4.69, 9.17) is 9.68 Å². The normalized spacial score (nSPS) is 10.2. The van der Waals surface area contributed by atoms with Crippen LogP contribution in [-0.2, 0) is 6.54 Å². The Morgan fingerprint density at radius 3 is 2.57 bits per heavy atom. The third-order valence-corrected chi connectivity index (χ3v) is 3.03. The van der Waals surface area contributed by atoms with Crippen LogP contribution in [0.2, 0.25) is 0 Å². The highest BCUT2D eigenvalue weighted by Crippen LogP contribution is 2.18. The zero-order chi connectivity index (χ0) is 14.7. The number of nitrogens with one attached hydrogen (secondary N) is 3. The van der Waals surface area contributed by atoms with E-state index in [9.17, 15) is 4.79 Å². The fraction of sp³-hybridized carbons (Fsp3) is 0.0667. The Kier molecular flexibility index (Phi) is 3.31. The van der Waals surface area contributed by atoms with Gasteiger partial charge in [0.1, 0.15) is 11.8 Å². The van der Waals surface area contributed by atoms with Crippen molar-refractivity contribution in [2.45, 2.75) is 6.54 Å². The molecule has 0 bridgehead atoms. The predicted octanol–water partition coefficient (Wildman–Crippen LogP) is 2.45. The van der Waals surface area contributed by atoms with Gasteiger partial charge in [-0.15, -0.1) is 0 Å². The lowest BCUT2D eigenvalue weighted by Gasteiger charge is -2.05. The van der Waals surface area contributed by atoms with E-state index in [2.05, 4.69) is 15.5 Å². The molecule has 0 amide bonds. The minimum atomic E-state index is -0.154. The lowest BCUT2D eigenvalue weighted by molar-refractivity contribution is 0.506. The van der Waals surface area contributed by atoms with Crippen molar-refractivity contribution in [2.24, 2.45) is 0 Å². The number of furan rings is 1. The van der Waals surface area contributed by atoms with Gasteiger partial charge in [0, 0.05) is 11.8 Å². The van der Waals surface area contributed by atoms with Crippen LogP contribution in [0.1, 0.15) is 11.5 Å². The maximum atomic E-state index is 11.1. The third-order valence-electron chi connectivity index (χ3n) is 3.03. The van der Waals surface area contributed by atoms with Crippen molar-refractivity contribution in [3.05, 3.63) is 64.3 Å². The molecule has 2 aromatic heterocycles. The topological polar surface area (TPSA) is 97.6 Å². The van der Waals surface area contributed by atoms with Crippen molar-refractivity contribution in [2.75, 3.05) is 5.32 Å². The van der Waals surface area contributed by atoms with Gasteiger partial charge in [0.15, 0.2) is 0 Å². The van der Waals surface area contributed by atoms with E-state index in [0.29, 0.717) is 18.1 Å². The first-order valence-corrected chi connectivity index (χ1v) is 6.35. The number of hydrogen-bond donors (Lipinski definition) is 3. The fourth-order valence-electron chi connectivity index (χ4n) is 1.98. The molecule has 104 valence electrons. The largest absolute Gasteiger partial charge is 0.449 e. The minimum absolute atomic E-state index is 0.154. The Morgan fingerprint density at radius 1 is 1.14 bits per heavy atom. The highest BCUT2D eigenvalue weighted by atomic mass is 16.3. The molecule has 0 aliphatic carbocycles. The van der Waals surface area contributed by atoms with E-state index in [1.807, 2.05) is 30.3 Å². The van der Waals surface area contributed by atoms with E-state index in [0.717, 1.165) is 16.9 Å². The van der Waals surface area contributed by atoms with Crippen LogP contribution in [0.4, 0.5) is 5.69 Å². The first-order chi connectivity index (χ1) is 10.2. The molecule has 3 rings (SSSR count). The molecular formula is C15H12N4O2. The Bertz CT molecular complexity index is 833. The molecule has 0 unspecified atom stereocenters. The smallest absolute Gasteiger partial charge is 0.264 e. The summed E-state index contributed by atoms with van der Waals surface area (Å²) in [6, 6.07) is 14.5. The van der Waals surface area contributed by atoms with Crippen molar-refractivity contribution in [1.29, 1.82) is 5.26 Å². The molecule has 21 heavy (non-hydrogen) atoms. The van der Waals surface area contributed by atoms with Crippen molar-refractivity contribution < 1.29 is 4.42 Å². The summed E-state index contributed by atoms with van der Waals surface area (Å²) in [6.45, 7) is 0.502. The zero-order valence-corrected chi connectivity index (χ0v) is 11.0. The predicted molar refractivity (Wildman–Crippen MR) is 77.6 cm³/mol. The molecule has 6 nitrogen and oxygen atoms in total. The molecule has 3 N–H and O–H groups in total. The quantitative estimate of drug-likeness (QED) is 0.683. The van der Waals surface area contributed by atoms with Crippen LogP contribution < -0.4 is 10.9 Å². The fourth-order valence-corrected chi connectivity index (χ4v) is 1.98. The highest BCUT2D eigenvalue weighted by Gasteiger charge is 2.03. The van der Waals surface area contributed by atoms with Crippen LogP contribution >= 0.6 is 0 Å². The van der Waals surface area contributed by atoms with Gasteiger partial charge in [-0.1, -0.05) is 12.1 Å². The summed E-state index contributed by atoms with van der Waals surface area (Å²) in [5.74, 6) is 1.00. The second-order valence-electron chi connectivity index (χ2n) is 4.48. The van der Waals surface area contributed by atoms with Crippen LogP contribution in [0.3, 0.4) is 0 Å². The van der Waals surface area contributed by atoms with Crippen LogP contribution in [0.5, 0.6) is 0 Å². The van der Waals surface area contributed by atoms with Gasteiger partial charge in [-0.3, -0.25) is 15.0 Å². The van der Waals surface area contributed by atoms with Gasteiger partial charge in [0.2, 0.25) is 5.76 Å². The maximum Gasteiger partial charge on any atom is 0.264 e. The molecule has 0 radical (unpaired) electrons. The summed E-state index contributed by atoms with van der Waals surface area (Å²) in [5, 5.41) is 17.2. The highest BCUT2D eigenvalue weighted by molar-refractivity contribution is 5.62. The summed E-state index contributed by atoms with van der Waals surface area (Å²) in [7, 11) is 0. The Hall–Kier alpha value is -3.20. The van der Waals surface area contributed by atoms with Gasteiger partial charge in [0.25, 0.3) is 5.56 Å². The SMILES string of the molecule is N#Cc1ccc(CNc2ccc(-c3cc(=O)[nH][nH]3)cc2)o1. The van der Waals surface area contributed by atoms with Crippen LogP contribution in [0.15, 0.2) is 51.7 Å². The molecule has 1 aromatic carbocycles. The van der Waals surface area contributed by atoms with Crippen molar-refractivity contribution in [1.82, 2.24) is 10.2 Å². The molecule has 3 aromatic rings. The maximum absolute atomic E-state index is 11.1. The number of benzene rings is 1. The van der Waals surface area contributed by atoms with Gasteiger partial charge in [0.05, 0.1) is 12.2 Å². The molecule has 2 heterocycles. The number of rotatable bonds is 4. The lowest BCUT2D eigenvalue weighted by Crippen LogP contribution is -1.97. The van der Waals surface area contributed by atoms with Crippen LogP contribution in [0.25, 0.3) is 11.3 Å². The van der Waals surface area contributed by atoms with Gasteiger partial charge in [-0.05, 0) is 29.8 Å². The Balaban J connectivity index is 1.67. The standard InChI is InChI=1S/C15H12N4O2/c16-8-12-5-6-13(21-12)9-17-11-3-1-10(2-4-11)14-7-15(20)19-18-14/h1-7,17H,9H2,(H2,18,19,20). The van der Waals surface area contributed by atoms with E-state index >= 15 is 0 Å². The molecule has 0 atom stereocenters. The van der Waals surface area contributed by atoms with Crippen molar-refractivity contribution >= 4 is 5.69 Å². The first kappa shape index (κ1) is 12.8. The van der Waals surface area contributed by atoms with E-state index in [1.54, 1.807) is 12.1 Å².